The highest BCUT2D eigenvalue weighted by molar-refractivity contribution is 6.34. The first-order valence-electron chi connectivity index (χ1n) is 8.80. The summed E-state index contributed by atoms with van der Waals surface area (Å²) in [6, 6.07) is 4.83. The van der Waals surface area contributed by atoms with Gasteiger partial charge in [-0.15, -0.1) is 0 Å². The fourth-order valence-electron chi connectivity index (χ4n) is 3.22. The Hall–Kier alpha value is -2.08. The van der Waals surface area contributed by atoms with Gasteiger partial charge in [0.2, 0.25) is 5.91 Å². The average Bonchev–Trinajstić information content (AvgIpc) is 2.54. The van der Waals surface area contributed by atoms with Gasteiger partial charge in [0.15, 0.2) is 0 Å². The predicted molar refractivity (Wildman–Crippen MR) is 100 cm³/mol. The number of carbonyl (C=O) groups is 3. The van der Waals surface area contributed by atoms with Crippen molar-refractivity contribution < 1.29 is 19.5 Å². The zero-order valence-corrected chi connectivity index (χ0v) is 16.0. The fraction of sp³-hybridized carbons (Fsp3) is 0.526. The number of rotatable bonds is 5. The van der Waals surface area contributed by atoms with E-state index >= 15 is 0 Å². The van der Waals surface area contributed by atoms with Gasteiger partial charge in [-0.1, -0.05) is 32.4 Å². The van der Waals surface area contributed by atoms with Gasteiger partial charge < -0.3 is 15.3 Å². The Labute approximate surface area is 158 Å². The van der Waals surface area contributed by atoms with Crippen molar-refractivity contribution >= 4 is 35.1 Å². The number of hydrogen-bond donors (Lipinski definition) is 2. The third-order valence-corrected chi connectivity index (χ3v) is 4.91. The molecule has 2 N–H and O–H groups in total. The zero-order chi connectivity index (χ0) is 19.4. The van der Waals surface area contributed by atoms with Gasteiger partial charge in [0.1, 0.15) is 0 Å². The number of carboxylic acids is 1. The molecule has 1 aliphatic heterocycles. The molecule has 2 atom stereocenters. The molecule has 7 heteroatoms. The maximum absolute atomic E-state index is 12.8. The second-order valence-electron chi connectivity index (χ2n) is 7.30. The van der Waals surface area contributed by atoms with Gasteiger partial charge in [-0.05, 0) is 36.5 Å². The molecular formula is C19H25ClN2O4. The van der Waals surface area contributed by atoms with Gasteiger partial charge in [0, 0.05) is 25.2 Å². The zero-order valence-electron chi connectivity index (χ0n) is 15.3. The van der Waals surface area contributed by atoms with Crippen molar-refractivity contribution in [2.75, 3.05) is 18.4 Å². The molecule has 1 aliphatic rings. The van der Waals surface area contributed by atoms with Crippen LogP contribution in [0.5, 0.6) is 0 Å². The monoisotopic (exact) mass is 380 g/mol. The lowest BCUT2D eigenvalue weighted by Crippen LogP contribution is -2.45. The highest BCUT2D eigenvalue weighted by Crippen LogP contribution is 2.28. The van der Waals surface area contributed by atoms with Gasteiger partial charge in [0.05, 0.1) is 16.5 Å². The standard InChI is InChI=1S/C19H25ClN2O4/c1-11(2)8-17(23)21-13-4-5-16(20)15(9-13)18(24)22-7-6-14(19(25)26)12(3)10-22/h4-5,9,11-12,14H,6-8,10H2,1-3H3,(H,21,23)(H,25,26). The summed E-state index contributed by atoms with van der Waals surface area (Å²) in [5, 5.41) is 12.3. The number of aliphatic carboxylic acids is 1. The molecule has 142 valence electrons. The molecule has 1 heterocycles. The Morgan fingerprint density at radius 3 is 2.62 bits per heavy atom. The number of carbonyl (C=O) groups excluding carboxylic acids is 2. The first-order valence-corrected chi connectivity index (χ1v) is 9.18. The van der Waals surface area contributed by atoms with E-state index in [1.165, 1.54) is 0 Å². The molecule has 1 aromatic rings. The van der Waals surface area contributed by atoms with Crippen molar-refractivity contribution in [3.63, 3.8) is 0 Å². The number of carboxylic acid groups (broad SMARTS) is 1. The van der Waals surface area contributed by atoms with E-state index in [1.807, 2.05) is 20.8 Å². The van der Waals surface area contributed by atoms with Crippen molar-refractivity contribution in [2.45, 2.75) is 33.6 Å². The van der Waals surface area contributed by atoms with E-state index in [9.17, 15) is 19.5 Å². The number of amides is 2. The van der Waals surface area contributed by atoms with Crippen LogP contribution in [0.3, 0.4) is 0 Å². The Balaban J connectivity index is 2.12. The molecule has 2 unspecified atom stereocenters. The van der Waals surface area contributed by atoms with Crippen molar-refractivity contribution in [1.29, 1.82) is 0 Å². The molecule has 1 fully saturated rings. The maximum Gasteiger partial charge on any atom is 0.306 e. The van der Waals surface area contributed by atoms with E-state index in [4.69, 9.17) is 11.6 Å². The smallest absolute Gasteiger partial charge is 0.306 e. The third kappa shape index (κ3) is 4.97. The van der Waals surface area contributed by atoms with E-state index in [2.05, 4.69) is 5.32 Å². The summed E-state index contributed by atoms with van der Waals surface area (Å²) >= 11 is 6.19. The summed E-state index contributed by atoms with van der Waals surface area (Å²) in [5.74, 6) is -1.51. The normalized spacial score (nSPS) is 20.1. The molecular weight excluding hydrogens is 356 g/mol. The molecule has 0 radical (unpaired) electrons. The van der Waals surface area contributed by atoms with Gasteiger partial charge in [-0.2, -0.15) is 0 Å². The molecule has 1 aromatic carbocycles. The lowest BCUT2D eigenvalue weighted by Gasteiger charge is -2.35. The van der Waals surface area contributed by atoms with Gasteiger partial charge >= 0.3 is 5.97 Å². The van der Waals surface area contributed by atoms with Crippen LogP contribution in [-0.4, -0.2) is 40.9 Å². The van der Waals surface area contributed by atoms with Crippen LogP contribution in [0.4, 0.5) is 5.69 Å². The Morgan fingerprint density at radius 1 is 1.35 bits per heavy atom. The van der Waals surface area contributed by atoms with Gasteiger partial charge in [0.25, 0.3) is 5.91 Å². The van der Waals surface area contributed by atoms with Crippen LogP contribution in [0.15, 0.2) is 18.2 Å². The predicted octanol–water partition coefficient (Wildman–Crippen LogP) is 3.51. The van der Waals surface area contributed by atoms with E-state index < -0.39 is 11.9 Å². The number of nitrogens with zero attached hydrogens (tertiary/aromatic N) is 1. The second-order valence-corrected chi connectivity index (χ2v) is 7.71. The number of likely N-dealkylation sites (tertiary alicyclic amines) is 1. The molecule has 0 saturated carbocycles. The number of anilines is 1. The molecule has 2 amide bonds. The molecule has 0 aliphatic carbocycles. The summed E-state index contributed by atoms with van der Waals surface area (Å²) in [5.41, 5.74) is 0.840. The summed E-state index contributed by atoms with van der Waals surface area (Å²) in [7, 11) is 0. The maximum atomic E-state index is 12.8. The molecule has 0 spiro atoms. The molecule has 26 heavy (non-hydrogen) atoms. The van der Waals surface area contributed by atoms with Crippen LogP contribution in [0, 0.1) is 17.8 Å². The molecule has 0 aromatic heterocycles. The second kappa shape index (κ2) is 8.54. The highest BCUT2D eigenvalue weighted by Gasteiger charge is 2.33. The van der Waals surface area contributed by atoms with Crippen LogP contribution in [0.2, 0.25) is 5.02 Å². The number of benzene rings is 1. The largest absolute Gasteiger partial charge is 0.481 e. The number of piperidine rings is 1. The molecule has 0 bridgehead atoms. The van der Waals surface area contributed by atoms with Crippen molar-refractivity contribution in [3.05, 3.63) is 28.8 Å². The molecule has 1 saturated heterocycles. The van der Waals surface area contributed by atoms with E-state index in [-0.39, 0.29) is 23.7 Å². The molecule has 6 nitrogen and oxygen atoms in total. The first kappa shape index (κ1) is 20.2. The van der Waals surface area contributed by atoms with Crippen molar-refractivity contribution in [1.82, 2.24) is 4.90 Å². The minimum atomic E-state index is -0.822. The van der Waals surface area contributed by atoms with E-state index in [1.54, 1.807) is 23.1 Å². The summed E-state index contributed by atoms with van der Waals surface area (Å²) in [6.07, 6.45) is 0.816. The Kier molecular flexibility index (Phi) is 6.64. The van der Waals surface area contributed by atoms with Gasteiger partial charge in [-0.25, -0.2) is 0 Å². The molecule has 2 rings (SSSR count). The third-order valence-electron chi connectivity index (χ3n) is 4.58. The van der Waals surface area contributed by atoms with Crippen LogP contribution in [0.25, 0.3) is 0 Å². The summed E-state index contributed by atoms with van der Waals surface area (Å²) < 4.78 is 0. The van der Waals surface area contributed by atoms with Crippen molar-refractivity contribution in [3.8, 4) is 0 Å². The van der Waals surface area contributed by atoms with Gasteiger partial charge in [-0.3, -0.25) is 14.4 Å². The average molecular weight is 381 g/mol. The highest BCUT2D eigenvalue weighted by atomic mass is 35.5. The first-order chi connectivity index (χ1) is 12.2. The van der Waals surface area contributed by atoms with E-state index in [0.29, 0.717) is 42.2 Å². The minimum Gasteiger partial charge on any atom is -0.481 e. The minimum absolute atomic E-state index is 0.114. The fourth-order valence-corrected chi connectivity index (χ4v) is 3.42. The topological polar surface area (TPSA) is 86.7 Å². The quantitative estimate of drug-likeness (QED) is 0.818. The van der Waals surface area contributed by atoms with Crippen LogP contribution >= 0.6 is 11.6 Å². The SMILES string of the molecule is CC(C)CC(=O)Nc1ccc(Cl)c(C(=O)N2CCC(C(=O)O)C(C)C2)c1. The Morgan fingerprint density at radius 2 is 2.04 bits per heavy atom. The lowest BCUT2D eigenvalue weighted by molar-refractivity contribution is -0.145. The summed E-state index contributed by atoms with van der Waals surface area (Å²) in [6.45, 7) is 6.50. The van der Waals surface area contributed by atoms with Crippen molar-refractivity contribution in [2.24, 2.45) is 17.8 Å². The summed E-state index contributed by atoms with van der Waals surface area (Å²) in [4.78, 5) is 37.6. The van der Waals surface area contributed by atoms with E-state index in [0.717, 1.165) is 0 Å². The number of hydrogen-bond acceptors (Lipinski definition) is 3. The lowest BCUT2D eigenvalue weighted by atomic mass is 9.87. The van der Waals surface area contributed by atoms with Crippen LogP contribution < -0.4 is 5.32 Å². The number of nitrogens with one attached hydrogen (secondary N) is 1. The van der Waals surface area contributed by atoms with Crippen LogP contribution in [0.1, 0.15) is 44.0 Å². The van der Waals surface area contributed by atoms with Crippen LogP contribution in [-0.2, 0) is 9.59 Å². The number of halogens is 1. The Bertz CT molecular complexity index is 705.